The van der Waals surface area contributed by atoms with E-state index in [1.54, 1.807) is 30.3 Å². The van der Waals surface area contributed by atoms with Gasteiger partial charge < -0.3 is 9.47 Å². The van der Waals surface area contributed by atoms with Crippen LogP contribution in [0.5, 0.6) is 11.5 Å². The Bertz CT molecular complexity index is 904. The van der Waals surface area contributed by atoms with Gasteiger partial charge in [-0.05, 0) is 84.3 Å². The van der Waals surface area contributed by atoms with Crippen molar-refractivity contribution in [2.45, 2.75) is 33.3 Å². The summed E-state index contributed by atoms with van der Waals surface area (Å²) < 4.78 is 11.7. The smallest absolute Gasteiger partial charge is 0.276 e. The van der Waals surface area contributed by atoms with Gasteiger partial charge in [0.25, 0.3) is 11.8 Å². The number of hydrazine groups is 1. The highest BCUT2D eigenvalue weighted by Gasteiger charge is 2.12. The summed E-state index contributed by atoms with van der Waals surface area (Å²) in [4.78, 5) is 24.2. The van der Waals surface area contributed by atoms with Crippen molar-refractivity contribution in [1.82, 2.24) is 16.2 Å². The molecule has 30 heavy (non-hydrogen) atoms. The van der Waals surface area contributed by atoms with Crippen LogP contribution in [0.15, 0.2) is 46.9 Å². The predicted octanol–water partition coefficient (Wildman–Crippen LogP) is 3.51. The van der Waals surface area contributed by atoms with Crippen LogP contribution < -0.4 is 25.6 Å². The van der Waals surface area contributed by atoms with Crippen molar-refractivity contribution >= 4 is 45.1 Å². The Morgan fingerprint density at radius 2 is 1.80 bits per heavy atom. The maximum Gasteiger partial charge on any atom is 0.276 e. The lowest BCUT2D eigenvalue weighted by Crippen LogP contribution is -2.49. The molecule has 9 heteroatoms. The number of benzene rings is 2. The van der Waals surface area contributed by atoms with Crippen LogP contribution in [0.3, 0.4) is 0 Å². The van der Waals surface area contributed by atoms with Crippen molar-refractivity contribution in [1.29, 1.82) is 0 Å². The second-order valence-electron chi connectivity index (χ2n) is 6.55. The zero-order valence-electron chi connectivity index (χ0n) is 17.0. The summed E-state index contributed by atoms with van der Waals surface area (Å²) in [6, 6.07) is 12.4. The predicted molar refractivity (Wildman–Crippen MR) is 123 cm³/mol. The number of halogens is 1. The molecule has 2 rings (SSSR count). The molecule has 0 heterocycles. The fourth-order valence-corrected chi connectivity index (χ4v) is 2.95. The molecule has 0 aliphatic carbocycles. The molecule has 0 saturated carbocycles. The molecule has 160 valence electrons. The topological polar surface area (TPSA) is 88.7 Å². The molecule has 3 N–H and O–H groups in total. The Morgan fingerprint density at radius 1 is 1.10 bits per heavy atom. The largest absolute Gasteiger partial charge is 0.490 e. The highest BCUT2D eigenvalue weighted by Crippen LogP contribution is 2.26. The summed E-state index contributed by atoms with van der Waals surface area (Å²) >= 11 is 8.41. The number of ether oxygens (including phenoxy) is 2. The molecule has 0 bridgehead atoms. The van der Waals surface area contributed by atoms with E-state index in [0.29, 0.717) is 21.5 Å². The lowest BCUT2D eigenvalue weighted by Gasteiger charge is -2.13. The van der Waals surface area contributed by atoms with Crippen LogP contribution >= 0.6 is 28.1 Å². The fraction of sp³-hybridized carbons (Fsp3) is 0.286. The molecular weight excluding hydrogens is 470 g/mol. The van der Waals surface area contributed by atoms with Gasteiger partial charge in [-0.25, -0.2) is 0 Å². The molecule has 7 nitrogen and oxygen atoms in total. The SMILES string of the molecule is CCc1ccc(OCC(=O)NNC(=S)NC(=O)c2ccc(OC(C)C)c(Br)c2)cc1. The summed E-state index contributed by atoms with van der Waals surface area (Å²) in [6.45, 7) is 5.70. The molecule has 0 spiro atoms. The van der Waals surface area contributed by atoms with Gasteiger partial charge in [0.2, 0.25) is 0 Å². The summed E-state index contributed by atoms with van der Waals surface area (Å²) in [5.41, 5.74) is 6.41. The maximum absolute atomic E-state index is 12.3. The average molecular weight is 494 g/mol. The van der Waals surface area contributed by atoms with Crippen molar-refractivity contribution in [3.8, 4) is 11.5 Å². The van der Waals surface area contributed by atoms with Crippen LogP contribution in [0.4, 0.5) is 0 Å². The van der Waals surface area contributed by atoms with E-state index in [2.05, 4.69) is 39.0 Å². The first kappa shape index (κ1) is 23.6. The van der Waals surface area contributed by atoms with Crippen molar-refractivity contribution < 1.29 is 19.1 Å². The van der Waals surface area contributed by atoms with Gasteiger partial charge in [-0.15, -0.1) is 0 Å². The van der Waals surface area contributed by atoms with Crippen molar-refractivity contribution in [2.24, 2.45) is 0 Å². The van der Waals surface area contributed by atoms with Gasteiger partial charge in [0.05, 0.1) is 10.6 Å². The first-order valence-electron chi connectivity index (χ1n) is 9.36. The van der Waals surface area contributed by atoms with E-state index in [9.17, 15) is 9.59 Å². The summed E-state index contributed by atoms with van der Waals surface area (Å²) in [5.74, 6) is 0.363. The number of carbonyl (C=O) groups excluding carboxylic acids is 2. The van der Waals surface area contributed by atoms with Gasteiger partial charge in [0.15, 0.2) is 11.7 Å². The van der Waals surface area contributed by atoms with E-state index in [0.717, 1.165) is 6.42 Å². The molecule has 0 aromatic heterocycles. The number of aryl methyl sites for hydroxylation is 1. The van der Waals surface area contributed by atoms with Crippen LogP contribution in [-0.2, 0) is 11.2 Å². The van der Waals surface area contributed by atoms with Crippen molar-refractivity contribution in [3.05, 3.63) is 58.1 Å². The lowest BCUT2D eigenvalue weighted by molar-refractivity contribution is -0.123. The van der Waals surface area contributed by atoms with Crippen molar-refractivity contribution in [3.63, 3.8) is 0 Å². The maximum atomic E-state index is 12.3. The van der Waals surface area contributed by atoms with E-state index in [-0.39, 0.29) is 17.8 Å². The summed E-state index contributed by atoms with van der Waals surface area (Å²) in [7, 11) is 0. The number of amides is 2. The molecule has 0 unspecified atom stereocenters. The third kappa shape index (κ3) is 7.64. The quantitative estimate of drug-likeness (QED) is 0.404. The van der Waals surface area contributed by atoms with E-state index in [1.165, 1.54) is 5.56 Å². The lowest BCUT2D eigenvalue weighted by atomic mass is 10.2. The number of hydrogen-bond donors (Lipinski definition) is 3. The van der Waals surface area contributed by atoms with Crippen molar-refractivity contribution in [2.75, 3.05) is 6.61 Å². The summed E-state index contributed by atoms with van der Waals surface area (Å²) in [6.07, 6.45) is 0.946. The zero-order chi connectivity index (χ0) is 22.1. The minimum absolute atomic E-state index is 0.0149. The highest BCUT2D eigenvalue weighted by molar-refractivity contribution is 9.10. The van der Waals surface area contributed by atoms with Crippen LogP contribution in [0, 0.1) is 0 Å². The Balaban J connectivity index is 1.77. The number of hydrogen-bond acceptors (Lipinski definition) is 5. The number of nitrogens with one attached hydrogen (secondary N) is 3. The minimum atomic E-state index is -0.441. The molecule has 2 amide bonds. The minimum Gasteiger partial charge on any atom is -0.490 e. The monoisotopic (exact) mass is 493 g/mol. The standard InChI is InChI=1S/C21H24BrN3O4S/c1-4-14-5-8-16(9-6-14)28-12-19(26)24-25-21(30)23-20(27)15-7-10-18(17(22)11-15)29-13(2)3/h5-11,13H,4,12H2,1-3H3,(H,24,26)(H2,23,25,27,30). The Kier molecular flexibility index (Phi) is 9.07. The van der Waals surface area contributed by atoms with Gasteiger partial charge in [0, 0.05) is 5.56 Å². The van der Waals surface area contributed by atoms with Gasteiger partial charge >= 0.3 is 0 Å². The molecule has 2 aromatic carbocycles. The molecule has 2 aromatic rings. The Hall–Kier alpha value is -2.65. The van der Waals surface area contributed by atoms with Gasteiger partial charge in [0.1, 0.15) is 11.5 Å². The van der Waals surface area contributed by atoms with Crippen LogP contribution in [0.1, 0.15) is 36.7 Å². The third-order valence-electron chi connectivity index (χ3n) is 3.80. The second kappa shape index (κ2) is 11.5. The second-order valence-corrected chi connectivity index (χ2v) is 7.82. The van der Waals surface area contributed by atoms with Gasteiger partial charge in [-0.3, -0.25) is 25.8 Å². The molecule has 0 aliphatic heterocycles. The molecule has 0 atom stereocenters. The zero-order valence-corrected chi connectivity index (χ0v) is 19.4. The molecular formula is C21H24BrN3O4S. The van der Waals surface area contributed by atoms with E-state index >= 15 is 0 Å². The van der Waals surface area contributed by atoms with Crippen LogP contribution in [-0.4, -0.2) is 29.6 Å². The van der Waals surface area contributed by atoms with Crippen LogP contribution in [0.2, 0.25) is 0 Å². The van der Waals surface area contributed by atoms with E-state index in [1.807, 2.05) is 26.0 Å². The molecule has 0 fully saturated rings. The Labute approximate surface area is 189 Å². The van der Waals surface area contributed by atoms with E-state index in [4.69, 9.17) is 21.7 Å². The summed E-state index contributed by atoms with van der Waals surface area (Å²) in [5, 5.41) is 2.45. The molecule has 0 radical (unpaired) electrons. The van der Waals surface area contributed by atoms with Gasteiger partial charge in [-0.1, -0.05) is 19.1 Å². The number of thiocarbonyl (C=S) groups is 1. The van der Waals surface area contributed by atoms with E-state index < -0.39 is 11.8 Å². The molecule has 0 saturated heterocycles. The average Bonchev–Trinajstić information content (AvgIpc) is 2.72. The van der Waals surface area contributed by atoms with Crippen LogP contribution in [0.25, 0.3) is 0 Å². The first-order chi connectivity index (χ1) is 14.3. The fourth-order valence-electron chi connectivity index (χ4n) is 2.33. The number of rotatable bonds is 7. The number of carbonyl (C=O) groups is 2. The highest BCUT2D eigenvalue weighted by atomic mass is 79.9. The normalized spacial score (nSPS) is 10.3. The van der Waals surface area contributed by atoms with Gasteiger partial charge in [-0.2, -0.15) is 0 Å². The Morgan fingerprint density at radius 3 is 2.40 bits per heavy atom. The third-order valence-corrected chi connectivity index (χ3v) is 4.62. The molecule has 0 aliphatic rings. The first-order valence-corrected chi connectivity index (χ1v) is 10.6.